The Balaban J connectivity index is 1.90. The molecular weight excluding hydrogens is 258 g/mol. The van der Waals surface area contributed by atoms with E-state index in [2.05, 4.69) is 4.90 Å². The van der Waals surface area contributed by atoms with Gasteiger partial charge in [-0.3, -0.25) is 0 Å². The lowest BCUT2D eigenvalue weighted by molar-refractivity contribution is 0.556. The van der Waals surface area contributed by atoms with Gasteiger partial charge in [-0.1, -0.05) is 24.3 Å². The van der Waals surface area contributed by atoms with E-state index in [0.29, 0.717) is 12.1 Å². The Morgan fingerprint density at radius 2 is 1.95 bits per heavy atom. The lowest BCUT2D eigenvalue weighted by Crippen LogP contribution is -2.33. The molecule has 0 fully saturated rings. The summed E-state index contributed by atoms with van der Waals surface area (Å²) < 4.78 is 26.7. The van der Waals surface area contributed by atoms with E-state index in [0.717, 1.165) is 30.3 Å². The second-order valence-electron chi connectivity index (χ2n) is 5.11. The fourth-order valence-electron chi connectivity index (χ4n) is 2.68. The number of anilines is 1. The molecule has 2 nitrogen and oxygen atoms in total. The van der Waals surface area contributed by atoms with Crippen LogP contribution in [-0.2, 0) is 6.54 Å². The van der Waals surface area contributed by atoms with Gasteiger partial charge in [-0.2, -0.15) is 0 Å². The number of benzene rings is 2. The zero-order valence-corrected chi connectivity index (χ0v) is 11.0. The SMILES string of the molecule is NC1CCN(Cc2ccc(F)cc2F)c2ccccc21. The van der Waals surface area contributed by atoms with E-state index in [1.54, 1.807) is 0 Å². The first-order valence-electron chi connectivity index (χ1n) is 6.68. The maximum atomic E-state index is 13.8. The lowest BCUT2D eigenvalue weighted by Gasteiger charge is -2.34. The minimum absolute atomic E-state index is 0.0283. The van der Waals surface area contributed by atoms with Gasteiger partial charge in [0.15, 0.2) is 0 Å². The van der Waals surface area contributed by atoms with Gasteiger partial charge in [-0.15, -0.1) is 0 Å². The zero-order valence-electron chi connectivity index (χ0n) is 11.0. The Labute approximate surface area is 116 Å². The van der Waals surface area contributed by atoms with Crippen molar-refractivity contribution in [3.63, 3.8) is 0 Å². The van der Waals surface area contributed by atoms with Crippen LogP contribution in [0, 0.1) is 11.6 Å². The maximum Gasteiger partial charge on any atom is 0.131 e. The predicted octanol–water partition coefficient (Wildman–Crippen LogP) is 3.37. The summed E-state index contributed by atoms with van der Waals surface area (Å²) in [6, 6.07) is 11.7. The Hall–Kier alpha value is -1.94. The Morgan fingerprint density at radius 3 is 2.75 bits per heavy atom. The van der Waals surface area contributed by atoms with Crippen molar-refractivity contribution in [2.45, 2.75) is 19.0 Å². The summed E-state index contributed by atoms with van der Waals surface area (Å²) in [5.74, 6) is -1.05. The van der Waals surface area contributed by atoms with Crippen molar-refractivity contribution in [3.05, 3.63) is 65.2 Å². The summed E-state index contributed by atoms with van der Waals surface area (Å²) in [5.41, 5.74) is 8.72. The van der Waals surface area contributed by atoms with Crippen LogP contribution in [0.25, 0.3) is 0 Å². The van der Waals surface area contributed by atoms with Gasteiger partial charge in [0.2, 0.25) is 0 Å². The predicted molar refractivity (Wildman–Crippen MR) is 75.4 cm³/mol. The molecule has 0 saturated carbocycles. The number of nitrogens with two attached hydrogens (primary N) is 1. The molecule has 0 amide bonds. The van der Waals surface area contributed by atoms with Gasteiger partial charge in [0.1, 0.15) is 11.6 Å². The molecule has 20 heavy (non-hydrogen) atoms. The normalized spacial score (nSPS) is 17.9. The van der Waals surface area contributed by atoms with Gasteiger partial charge in [0.05, 0.1) is 0 Å². The minimum atomic E-state index is -0.549. The quantitative estimate of drug-likeness (QED) is 0.909. The molecule has 2 N–H and O–H groups in total. The van der Waals surface area contributed by atoms with E-state index < -0.39 is 11.6 Å². The lowest BCUT2D eigenvalue weighted by atomic mass is 9.96. The van der Waals surface area contributed by atoms with E-state index >= 15 is 0 Å². The van der Waals surface area contributed by atoms with Crippen molar-refractivity contribution in [1.29, 1.82) is 0 Å². The highest BCUT2D eigenvalue weighted by atomic mass is 19.1. The molecule has 0 aliphatic carbocycles. The number of halogens is 2. The summed E-state index contributed by atoms with van der Waals surface area (Å²) in [6.07, 6.45) is 0.833. The molecule has 1 unspecified atom stereocenters. The molecule has 0 radical (unpaired) electrons. The fourth-order valence-corrected chi connectivity index (χ4v) is 2.68. The molecule has 2 aromatic carbocycles. The van der Waals surface area contributed by atoms with Crippen molar-refractivity contribution in [2.75, 3.05) is 11.4 Å². The number of hydrogen-bond donors (Lipinski definition) is 1. The first-order valence-corrected chi connectivity index (χ1v) is 6.68. The Kier molecular flexibility index (Phi) is 3.40. The van der Waals surface area contributed by atoms with Crippen LogP contribution in [0.1, 0.15) is 23.6 Å². The summed E-state index contributed by atoms with van der Waals surface area (Å²) in [4.78, 5) is 2.09. The number of hydrogen-bond acceptors (Lipinski definition) is 2. The van der Waals surface area contributed by atoms with Crippen LogP contribution in [0.5, 0.6) is 0 Å². The van der Waals surface area contributed by atoms with Crippen LogP contribution in [0.4, 0.5) is 14.5 Å². The molecule has 1 atom stereocenters. The molecule has 1 aliphatic rings. The summed E-state index contributed by atoms with van der Waals surface area (Å²) in [7, 11) is 0. The molecule has 0 bridgehead atoms. The largest absolute Gasteiger partial charge is 0.367 e. The molecule has 0 saturated heterocycles. The number of para-hydroxylation sites is 1. The van der Waals surface area contributed by atoms with E-state index in [1.807, 2.05) is 24.3 Å². The highest BCUT2D eigenvalue weighted by molar-refractivity contribution is 5.57. The fraction of sp³-hybridized carbons (Fsp3) is 0.250. The van der Waals surface area contributed by atoms with E-state index in [9.17, 15) is 8.78 Å². The third-order valence-electron chi connectivity index (χ3n) is 3.76. The molecule has 3 rings (SSSR count). The average molecular weight is 274 g/mol. The van der Waals surface area contributed by atoms with Gasteiger partial charge in [0.25, 0.3) is 0 Å². The number of fused-ring (bicyclic) bond motifs is 1. The van der Waals surface area contributed by atoms with Crippen LogP contribution in [-0.4, -0.2) is 6.54 Å². The van der Waals surface area contributed by atoms with Crippen molar-refractivity contribution >= 4 is 5.69 Å². The second kappa shape index (κ2) is 5.21. The maximum absolute atomic E-state index is 13.8. The minimum Gasteiger partial charge on any atom is -0.367 e. The molecule has 104 valence electrons. The molecule has 0 aromatic heterocycles. The molecule has 2 aromatic rings. The van der Waals surface area contributed by atoms with Gasteiger partial charge >= 0.3 is 0 Å². The first kappa shape index (κ1) is 13.1. The van der Waals surface area contributed by atoms with Crippen molar-refractivity contribution in [3.8, 4) is 0 Å². The second-order valence-corrected chi connectivity index (χ2v) is 5.11. The topological polar surface area (TPSA) is 29.3 Å². The van der Waals surface area contributed by atoms with E-state index in [1.165, 1.54) is 12.1 Å². The van der Waals surface area contributed by atoms with Crippen LogP contribution >= 0.6 is 0 Å². The average Bonchev–Trinajstić information content (AvgIpc) is 2.45. The third kappa shape index (κ3) is 2.39. The first-order chi connectivity index (χ1) is 9.65. The standard InChI is InChI=1S/C16H16F2N2/c17-12-6-5-11(14(18)9-12)10-20-8-7-15(19)13-3-1-2-4-16(13)20/h1-6,9,15H,7-8,10,19H2. The molecular formula is C16H16F2N2. The smallest absolute Gasteiger partial charge is 0.131 e. The van der Waals surface area contributed by atoms with Gasteiger partial charge in [-0.25, -0.2) is 8.78 Å². The number of nitrogens with zero attached hydrogens (tertiary/aromatic N) is 1. The summed E-state index contributed by atoms with van der Waals surface area (Å²) in [5, 5.41) is 0. The number of rotatable bonds is 2. The van der Waals surface area contributed by atoms with Crippen LogP contribution in [0.2, 0.25) is 0 Å². The molecule has 0 spiro atoms. The monoisotopic (exact) mass is 274 g/mol. The van der Waals surface area contributed by atoms with Crippen LogP contribution < -0.4 is 10.6 Å². The van der Waals surface area contributed by atoms with Crippen LogP contribution in [0.3, 0.4) is 0 Å². The molecule has 1 heterocycles. The third-order valence-corrected chi connectivity index (χ3v) is 3.76. The van der Waals surface area contributed by atoms with Crippen molar-refractivity contribution in [1.82, 2.24) is 0 Å². The highest BCUT2D eigenvalue weighted by Gasteiger charge is 2.22. The van der Waals surface area contributed by atoms with Crippen molar-refractivity contribution < 1.29 is 8.78 Å². The van der Waals surface area contributed by atoms with Crippen molar-refractivity contribution in [2.24, 2.45) is 5.73 Å². The van der Waals surface area contributed by atoms with E-state index in [4.69, 9.17) is 5.73 Å². The van der Waals surface area contributed by atoms with Gasteiger partial charge in [-0.05, 0) is 24.1 Å². The Bertz CT molecular complexity index is 628. The van der Waals surface area contributed by atoms with E-state index in [-0.39, 0.29) is 6.04 Å². The molecule has 4 heteroatoms. The van der Waals surface area contributed by atoms with Gasteiger partial charge < -0.3 is 10.6 Å². The van der Waals surface area contributed by atoms with Crippen LogP contribution in [0.15, 0.2) is 42.5 Å². The molecule has 1 aliphatic heterocycles. The highest BCUT2D eigenvalue weighted by Crippen LogP contribution is 2.33. The Morgan fingerprint density at radius 1 is 1.15 bits per heavy atom. The zero-order chi connectivity index (χ0) is 14.1. The van der Waals surface area contributed by atoms with Gasteiger partial charge in [0, 0.05) is 36.4 Å². The summed E-state index contributed by atoms with van der Waals surface area (Å²) in [6.45, 7) is 1.20. The summed E-state index contributed by atoms with van der Waals surface area (Å²) >= 11 is 0.